The predicted molar refractivity (Wildman–Crippen MR) is 60.3 cm³/mol. The zero-order valence-corrected chi connectivity index (χ0v) is 13.1. The Morgan fingerprint density at radius 3 is 1.12 bits per heavy atom. The minimum absolute atomic E-state index is 1.35. The molecule has 0 heterocycles. The van der Waals surface area contributed by atoms with E-state index in [4.69, 9.17) is 12.6 Å². The highest BCUT2D eigenvalue weighted by Crippen LogP contribution is 1.85. The summed E-state index contributed by atoms with van der Waals surface area (Å²) in [4.78, 5) is 1.84. The Labute approximate surface area is 111 Å². The number of hydrogen-bond donors (Lipinski definition) is 1. The third kappa shape index (κ3) is 22.0. The molecule has 0 rings (SSSR count). The van der Waals surface area contributed by atoms with Crippen molar-refractivity contribution in [3.8, 4) is 0 Å². The Morgan fingerprint density at radius 1 is 0.706 bits per heavy atom. The summed E-state index contributed by atoms with van der Waals surface area (Å²) in [5.74, 6) is 0. The number of halogens is 1. The van der Waals surface area contributed by atoms with Crippen LogP contribution in [-0.2, 0) is 0 Å². The van der Waals surface area contributed by atoms with Gasteiger partial charge in [-0.15, -0.1) is 0 Å². The van der Waals surface area contributed by atoms with Gasteiger partial charge in [-0.05, 0) is 19.3 Å². The van der Waals surface area contributed by atoms with Crippen LogP contribution in [0.3, 0.4) is 0 Å². The van der Waals surface area contributed by atoms with Crippen LogP contribution in [0.5, 0.6) is 0 Å². The third-order valence-corrected chi connectivity index (χ3v) is 2.65. The minimum Gasteiger partial charge on any atom is -0.405 e. The molecule has 0 saturated heterocycles. The van der Waals surface area contributed by atoms with Gasteiger partial charge in [0.2, 0.25) is 14.8 Å². The largest absolute Gasteiger partial charge is 0.405 e. The van der Waals surface area contributed by atoms with Gasteiger partial charge in [-0.2, -0.15) is 0 Å². The molecule has 0 bridgehead atoms. The van der Waals surface area contributed by atoms with E-state index < -0.39 is 14.8 Å². The lowest BCUT2D eigenvalue weighted by Crippen LogP contribution is -3.12. The molecule has 1 N–H and O–H groups in total. The van der Waals surface area contributed by atoms with Gasteiger partial charge in [-0.1, -0.05) is 40.0 Å². The third-order valence-electron chi connectivity index (χ3n) is 2.65. The Kier molecular flexibility index (Phi) is 18.9. The van der Waals surface area contributed by atoms with E-state index >= 15 is 0 Å². The molecule has 5 heteroatoms. The normalized spacial score (nSPS) is 10.6. The maximum atomic E-state index is 8.52. The van der Waals surface area contributed by atoms with Crippen molar-refractivity contribution in [1.82, 2.24) is 0 Å². The van der Waals surface area contributed by atoms with Crippen molar-refractivity contribution in [3.63, 3.8) is 0 Å². The Morgan fingerprint density at radius 2 is 0.941 bits per heavy atom. The van der Waals surface area contributed by atoms with Crippen molar-refractivity contribution in [2.24, 2.45) is 0 Å². The summed E-state index contributed by atoms with van der Waals surface area (Å²) in [5, 5.41) is 0. The number of unbranched alkanes of at least 4 members (excludes halogenated alkanes) is 3. The number of hydrogen-bond acceptors (Lipinski definition) is 3. The second kappa shape index (κ2) is 16.3. The van der Waals surface area contributed by atoms with E-state index in [2.05, 4.69) is 20.8 Å². The molecule has 4 nitrogen and oxygen atoms in total. The fourth-order valence-electron chi connectivity index (χ4n) is 1.66. The van der Waals surface area contributed by atoms with Crippen molar-refractivity contribution in [2.75, 3.05) is 19.6 Å². The smallest absolute Gasteiger partial charge is 0.216 e. The van der Waals surface area contributed by atoms with Crippen LogP contribution >= 0.6 is 0 Å². The number of rotatable bonds is 9. The summed E-state index contributed by atoms with van der Waals surface area (Å²) in [5.41, 5.74) is 0. The number of quaternary nitrogens is 1. The molecule has 0 atom stereocenters. The lowest BCUT2D eigenvalue weighted by Gasteiger charge is -2.18. The van der Waals surface area contributed by atoms with Crippen molar-refractivity contribution in [3.05, 3.63) is 0 Å². The molecule has 0 spiro atoms. The van der Waals surface area contributed by atoms with Crippen LogP contribution in [0.15, 0.2) is 0 Å². The monoisotopic (exact) mass is 313 g/mol. The van der Waals surface area contributed by atoms with Crippen LogP contribution in [0.1, 0.15) is 59.3 Å². The highest BCUT2D eigenvalue weighted by atomic mass is 80.0. The van der Waals surface area contributed by atoms with Gasteiger partial charge in [-0.25, -0.2) is 0 Å². The fourth-order valence-corrected chi connectivity index (χ4v) is 1.66. The van der Waals surface area contributed by atoms with E-state index in [9.17, 15) is 0 Å². The molecule has 0 aromatic heterocycles. The molecular weight excluding hydrogens is 286 g/mol. The first-order valence-electron chi connectivity index (χ1n) is 6.64. The van der Waals surface area contributed by atoms with E-state index in [1.807, 2.05) is 4.90 Å². The number of nitrogens with one attached hydrogen (secondary N) is 1. The van der Waals surface area contributed by atoms with Crippen molar-refractivity contribution in [2.45, 2.75) is 59.3 Å². The van der Waals surface area contributed by atoms with E-state index in [0.717, 1.165) is 0 Å². The molecule has 0 unspecified atom stereocenters. The van der Waals surface area contributed by atoms with Gasteiger partial charge in [-0.3, -0.25) is 0 Å². The van der Waals surface area contributed by atoms with Crippen LogP contribution < -0.4 is 17.5 Å². The van der Waals surface area contributed by atoms with E-state index in [1.54, 1.807) is 0 Å². The second-order valence-corrected chi connectivity index (χ2v) is 5.04. The van der Waals surface area contributed by atoms with E-state index in [0.29, 0.717) is 0 Å². The van der Waals surface area contributed by atoms with Gasteiger partial charge in [0.1, 0.15) is 0 Å². The topological polar surface area (TPSA) is 73.6 Å². The molecule has 0 radical (unpaired) electrons. The standard InChI is InChI=1S/C12H27N.BrO3/c1-4-7-10-13(11-8-5-2)12-9-6-3;2-1(3)4/h4-12H2,1-3H3;/q;-1/p+1. The maximum Gasteiger partial charge on any atom is 0.216 e. The quantitative estimate of drug-likeness (QED) is 0.575. The van der Waals surface area contributed by atoms with E-state index in [1.165, 1.54) is 58.2 Å². The minimum atomic E-state index is -3.65. The lowest BCUT2D eigenvalue weighted by molar-refractivity contribution is -1.73. The lowest BCUT2D eigenvalue weighted by atomic mass is 10.2. The Hall–Kier alpha value is 0.320. The van der Waals surface area contributed by atoms with Gasteiger partial charge < -0.3 is 17.5 Å². The molecule has 17 heavy (non-hydrogen) atoms. The maximum absolute atomic E-state index is 8.52. The van der Waals surface area contributed by atoms with Gasteiger partial charge in [0.25, 0.3) is 0 Å². The predicted octanol–water partition coefficient (Wildman–Crippen LogP) is -1.30. The molecule has 0 aliphatic carbocycles. The molecule has 0 aliphatic heterocycles. The first kappa shape index (κ1) is 19.7. The average Bonchev–Trinajstić information content (AvgIpc) is 2.27. The molecular formula is C12H28BrNO3. The van der Waals surface area contributed by atoms with E-state index in [-0.39, 0.29) is 0 Å². The summed E-state index contributed by atoms with van der Waals surface area (Å²) in [6.45, 7) is 11.1. The molecule has 0 aromatic carbocycles. The van der Waals surface area contributed by atoms with Gasteiger partial charge in [0.15, 0.2) is 0 Å². The van der Waals surface area contributed by atoms with Crippen LogP contribution in [0.2, 0.25) is 0 Å². The first-order valence-corrected chi connectivity index (χ1v) is 8.59. The summed E-state index contributed by atoms with van der Waals surface area (Å²) in [6, 6.07) is 0. The molecule has 0 amide bonds. The zero-order valence-electron chi connectivity index (χ0n) is 11.5. The summed E-state index contributed by atoms with van der Waals surface area (Å²) < 4.78 is 25.6. The van der Waals surface area contributed by atoms with Gasteiger partial charge in [0.05, 0.1) is 19.6 Å². The zero-order chi connectivity index (χ0) is 13.5. The SMILES string of the molecule is CCCC[NH+](CCCC)CCCC.[O-][Br+2]([O-])[O-]. The molecule has 0 saturated carbocycles. The second-order valence-electron chi connectivity index (χ2n) is 4.25. The molecule has 0 fully saturated rings. The highest BCUT2D eigenvalue weighted by molar-refractivity contribution is 4.37. The summed E-state index contributed by atoms with van der Waals surface area (Å²) in [7, 11) is 0. The summed E-state index contributed by atoms with van der Waals surface area (Å²) >= 11 is -3.65. The van der Waals surface area contributed by atoms with Crippen LogP contribution in [0.25, 0.3) is 0 Å². The van der Waals surface area contributed by atoms with Crippen molar-refractivity contribution in [1.29, 1.82) is 0 Å². The van der Waals surface area contributed by atoms with Crippen LogP contribution in [0.4, 0.5) is 0 Å². The van der Waals surface area contributed by atoms with Crippen LogP contribution in [-0.4, -0.2) is 19.6 Å². The van der Waals surface area contributed by atoms with Gasteiger partial charge in [0, 0.05) is 0 Å². The van der Waals surface area contributed by atoms with Crippen molar-refractivity contribution >= 4 is 0 Å². The van der Waals surface area contributed by atoms with Gasteiger partial charge >= 0.3 is 0 Å². The fraction of sp³-hybridized carbons (Fsp3) is 1.00. The molecule has 0 aliphatic rings. The Balaban J connectivity index is 0. The Bertz CT molecular complexity index is 115. The highest BCUT2D eigenvalue weighted by Gasteiger charge is 2.05. The molecule has 0 aromatic rings. The summed E-state index contributed by atoms with van der Waals surface area (Å²) in [6.07, 6.45) is 8.26. The molecule has 106 valence electrons. The average molecular weight is 314 g/mol. The van der Waals surface area contributed by atoms with Crippen molar-refractivity contribution < 1.29 is 32.3 Å². The first-order chi connectivity index (χ1) is 8.08. The van der Waals surface area contributed by atoms with Crippen LogP contribution in [0, 0.1) is 14.8 Å².